The summed E-state index contributed by atoms with van der Waals surface area (Å²) in [6.45, 7) is 16.9. The molecule has 5 nitrogen and oxygen atoms in total. The van der Waals surface area contributed by atoms with Gasteiger partial charge in [0.1, 0.15) is 11.5 Å². The molecular weight excluding hydrogens is 508 g/mol. The first kappa shape index (κ1) is 29.0. The minimum absolute atomic E-state index is 0.273. The molecule has 0 N–H and O–H groups in total. The maximum absolute atomic E-state index is 13.5. The lowest BCUT2D eigenvalue weighted by Gasteiger charge is -2.39. The number of benzene rings is 3. The maximum atomic E-state index is 13.5. The van der Waals surface area contributed by atoms with Gasteiger partial charge < -0.3 is 19.3 Å². The van der Waals surface area contributed by atoms with Gasteiger partial charge in [0.15, 0.2) is 5.60 Å². The van der Waals surface area contributed by atoms with Crippen molar-refractivity contribution in [3.05, 3.63) is 81.9 Å². The average molecular weight is 555 g/mol. The molecular formula is C36H46N2O3. The van der Waals surface area contributed by atoms with Crippen LogP contribution in [0.3, 0.4) is 0 Å². The predicted octanol–water partition coefficient (Wildman–Crippen LogP) is 8.63. The number of esters is 1. The van der Waals surface area contributed by atoms with Crippen LogP contribution in [0.4, 0.5) is 11.4 Å². The number of hydrogen-bond donors (Lipinski definition) is 0. The highest BCUT2D eigenvalue weighted by molar-refractivity contribution is 5.97. The second kappa shape index (κ2) is 12.2. The van der Waals surface area contributed by atoms with Crippen molar-refractivity contribution in [2.45, 2.75) is 85.7 Å². The van der Waals surface area contributed by atoms with E-state index in [-0.39, 0.29) is 5.97 Å². The minimum atomic E-state index is -1.04. The fourth-order valence-corrected chi connectivity index (χ4v) is 6.68. The Bertz CT molecular complexity index is 1330. The quantitative estimate of drug-likeness (QED) is 0.210. The van der Waals surface area contributed by atoms with Gasteiger partial charge in [0, 0.05) is 66.4 Å². The van der Waals surface area contributed by atoms with E-state index in [0.29, 0.717) is 5.56 Å². The topological polar surface area (TPSA) is 42.0 Å². The van der Waals surface area contributed by atoms with Gasteiger partial charge in [-0.1, -0.05) is 44.9 Å². The third-order valence-corrected chi connectivity index (χ3v) is 8.92. The van der Waals surface area contributed by atoms with Gasteiger partial charge in [-0.05, 0) is 82.7 Å². The molecule has 0 atom stereocenters. The summed E-state index contributed by atoms with van der Waals surface area (Å²) < 4.78 is 13.4. The molecule has 0 radical (unpaired) electrons. The molecule has 2 aliphatic heterocycles. The summed E-state index contributed by atoms with van der Waals surface area (Å²) in [5.74, 6) is 1.28. The van der Waals surface area contributed by atoms with Crippen molar-refractivity contribution < 1.29 is 14.3 Å². The standard InChI is InChI=1S/C36H46N2O3/c1-7-13-17-25-21-29-33(23-31(25)37(9-3)10-4)40-34-24-32(38(11-5)12-6)26(18-14-8-2)22-30(34)36(29)28-20-16-15-19-27(28)35(39)41-36/h15-16,19-24H,7-14,17-18H2,1-6H3. The van der Waals surface area contributed by atoms with Crippen molar-refractivity contribution in [3.63, 3.8) is 0 Å². The normalized spacial score (nSPS) is 14.2. The second-order valence-corrected chi connectivity index (χ2v) is 11.2. The Morgan fingerprint density at radius 1 is 0.659 bits per heavy atom. The minimum Gasteiger partial charge on any atom is -0.456 e. The molecule has 218 valence electrons. The van der Waals surface area contributed by atoms with E-state index >= 15 is 0 Å². The summed E-state index contributed by atoms with van der Waals surface area (Å²) in [6, 6.07) is 16.9. The summed E-state index contributed by atoms with van der Waals surface area (Å²) in [5.41, 5.74) is 7.36. The van der Waals surface area contributed by atoms with Crippen LogP contribution in [0.15, 0.2) is 48.5 Å². The zero-order chi connectivity index (χ0) is 29.1. The van der Waals surface area contributed by atoms with Crippen LogP contribution < -0.4 is 14.5 Å². The zero-order valence-corrected chi connectivity index (χ0v) is 25.8. The van der Waals surface area contributed by atoms with Crippen molar-refractivity contribution in [1.82, 2.24) is 0 Å². The van der Waals surface area contributed by atoms with Gasteiger partial charge >= 0.3 is 5.97 Å². The van der Waals surface area contributed by atoms with Crippen molar-refractivity contribution >= 4 is 17.3 Å². The molecule has 1 spiro atoms. The lowest BCUT2D eigenvalue weighted by molar-refractivity contribution is 0.0224. The van der Waals surface area contributed by atoms with Gasteiger partial charge in [0.05, 0.1) is 5.56 Å². The Labute approximate surface area is 246 Å². The largest absolute Gasteiger partial charge is 0.456 e. The number of unbranched alkanes of at least 4 members (excludes halogenated alkanes) is 2. The molecule has 0 aliphatic carbocycles. The van der Waals surface area contributed by atoms with Gasteiger partial charge in [-0.15, -0.1) is 0 Å². The van der Waals surface area contributed by atoms with E-state index in [1.807, 2.05) is 18.2 Å². The van der Waals surface area contributed by atoms with E-state index in [4.69, 9.17) is 9.47 Å². The number of rotatable bonds is 12. The number of carbonyl (C=O) groups excluding carboxylic acids is 1. The highest BCUT2D eigenvalue weighted by Crippen LogP contribution is 2.58. The first-order valence-electron chi connectivity index (χ1n) is 15.8. The first-order valence-corrected chi connectivity index (χ1v) is 15.8. The van der Waals surface area contributed by atoms with Crippen molar-refractivity contribution in [2.75, 3.05) is 36.0 Å². The van der Waals surface area contributed by atoms with Gasteiger partial charge in [0.25, 0.3) is 0 Å². The number of ether oxygens (including phenoxy) is 2. The predicted molar refractivity (Wildman–Crippen MR) is 169 cm³/mol. The molecule has 0 saturated carbocycles. The molecule has 0 amide bonds. The van der Waals surface area contributed by atoms with Gasteiger partial charge in [-0.25, -0.2) is 4.79 Å². The highest BCUT2D eigenvalue weighted by atomic mass is 16.6. The van der Waals surface area contributed by atoms with Crippen LogP contribution in [0.2, 0.25) is 0 Å². The number of carbonyl (C=O) groups is 1. The first-order chi connectivity index (χ1) is 20.0. The van der Waals surface area contributed by atoms with Crippen LogP contribution >= 0.6 is 0 Å². The zero-order valence-electron chi connectivity index (χ0n) is 25.8. The Morgan fingerprint density at radius 3 is 1.61 bits per heavy atom. The van der Waals surface area contributed by atoms with Crippen molar-refractivity contribution in [2.24, 2.45) is 0 Å². The fraction of sp³-hybridized carbons (Fsp3) is 0.472. The highest BCUT2D eigenvalue weighted by Gasteiger charge is 2.54. The van der Waals surface area contributed by atoms with E-state index in [2.05, 4.69) is 81.7 Å². The second-order valence-electron chi connectivity index (χ2n) is 11.2. The van der Waals surface area contributed by atoms with E-state index in [0.717, 1.165) is 92.9 Å². The molecule has 5 rings (SSSR count). The summed E-state index contributed by atoms with van der Waals surface area (Å²) >= 11 is 0. The third-order valence-electron chi connectivity index (χ3n) is 8.92. The Balaban J connectivity index is 1.83. The summed E-state index contributed by atoms with van der Waals surface area (Å²) in [4.78, 5) is 18.3. The van der Waals surface area contributed by atoms with Crippen LogP contribution in [-0.4, -0.2) is 32.1 Å². The Morgan fingerprint density at radius 2 is 1.15 bits per heavy atom. The van der Waals surface area contributed by atoms with Crippen LogP contribution in [0.1, 0.15) is 105 Å². The van der Waals surface area contributed by atoms with E-state index in [1.165, 1.54) is 22.5 Å². The molecule has 41 heavy (non-hydrogen) atoms. The van der Waals surface area contributed by atoms with Gasteiger partial charge in [-0.3, -0.25) is 0 Å². The fourth-order valence-electron chi connectivity index (χ4n) is 6.68. The monoisotopic (exact) mass is 554 g/mol. The molecule has 0 aromatic heterocycles. The summed E-state index contributed by atoms with van der Waals surface area (Å²) in [5, 5.41) is 0. The molecule has 2 heterocycles. The van der Waals surface area contributed by atoms with Crippen molar-refractivity contribution in [3.8, 4) is 11.5 Å². The molecule has 0 unspecified atom stereocenters. The molecule has 5 heteroatoms. The van der Waals surface area contributed by atoms with Crippen molar-refractivity contribution in [1.29, 1.82) is 0 Å². The third kappa shape index (κ3) is 4.87. The summed E-state index contributed by atoms with van der Waals surface area (Å²) in [6.07, 6.45) is 6.37. The Hall–Kier alpha value is -3.47. The van der Waals surface area contributed by atoms with Crippen LogP contribution in [0.25, 0.3) is 0 Å². The summed E-state index contributed by atoms with van der Waals surface area (Å²) in [7, 11) is 0. The SMILES string of the molecule is CCCCc1cc2c(cc1N(CC)CC)Oc1cc(N(CC)CC)c(CCCC)cc1C21OC(=O)c2ccccc21. The average Bonchev–Trinajstić information content (AvgIpc) is 3.29. The number of anilines is 2. The maximum Gasteiger partial charge on any atom is 0.340 e. The number of aryl methyl sites for hydroxylation is 2. The molecule has 3 aromatic rings. The van der Waals surface area contributed by atoms with Gasteiger partial charge in [-0.2, -0.15) is 0 Å². The van der Waals surface area contributed by atoms with Crippen LogP contribution in [0.5, 0.6) is 11.5 Å². The number of nitrogens with zero attached hydrogens (tertiary/aromatic N) is 2. The smallest absolute Gasteiger partial charge is 0.340 e. The van der Waals surface area contributed by atoms with E-state index in [9.17, 15) is 4.79 Å². The molecule has 3 aromatic carbocycles. The molecule has 0 saturated heterocycles. The Kier molecular flexibility index (Phi) is 8.63. The molecule has 0 fully saturated rings. The molecule has 0 bridgehead atoms. The lowest BCUT2D eigenvalue weighted by Crippen LogP contribution is -2.34. The van der Waals surface area contributed by atoms with Gasteiger partial charge in [0.2, 0.25) is 0 Å². The van der Waals surface area contributed by atoms with E-state index < -0.39 is 5.60 Å². The van der Waals surface area contributed by atoms with Crippen LogP contribution in [-0.2, 0) is 23.2 Å². The number of hydrogen-bond acceptors (Lipinski definition) is 5. The molecule has 2 aliphatic rings. The lowest BCUT2D eigenvalue weighted by atomic mass is 9.76. The van der Waals surface area contributed by atoms with E-state index in [1.54, 1.807) is 0 Å². The van der Waals surface area contributed by atoms with Crippen LogP contribution in [0, 0.1) is 0 Å². The number of fused-ring (bicyclic) bond motifs is 6.